The third-order valence-corrected chi connectivity index (χ3v) is 5.65. The van der Waals surface area contributed by atoms with E-state index in [1.54, 1.807) is 12.1 Å². The van der Waals surface area contributed by atoms with Crippen LogP contribution in [0.5, 0.6) is 0 Å². The minimum atomic E-state index is -4.00. The molecule has 0 unspecified atom stereocenters. The smallest absolute Gasteiger partial charge is 0.207 e. The average Bonchev–Trinajstić information content (AvgIpc) is 2.64. The molecule has 2 aromatic rings. The molecule has 0 atom stereocenters. The van der Waals surface area contributed by atoms with Crippen molar-refractivity contribution in [3.8, 4) is 24.3 Å². The quantitative estimate of drug-likeness (QED) is 0.577. The van der Waals surface area contributed by atoms with Crippen LogP contribution in [0.2, 0.25) is 0 Å². The van der Waals surface area contributed by atoms with Crippen LogP contribution in [-0.4, -0.2) is 8.42 Å². The molecule has 0 fully saturated rings. The summed E-state index contributed by atoms with van der Waals surface area (Å²) < 4.78 is 25.9. The molecular formula is C18H6N4O2S. The first kappa shape index (κ1) is 16.0. The van der Waals surface area contributed by atoms with Crippen LogP contribution in [0.1, 0.15) is 22.3 Å². The largest absolute Gasteiger partial charge is 0.218 e. The molecular weight excluding hydrogens is 336 g/mol. The van der Waals surface area contributed by atoms with E-state index in [4.69, 9.17) is 10.5 Å². The van der Waals surface area contributed by atoms with Gasteiger partial charge < -0.3 is 0 Å². The van der Waals surface area contributed by atoms with Gasteiger partial charge >= 0.3 is 0 Å². The fourth-order valence-corrected chi connectivity index (χ4v) is 4.43. The number of nitriles is 4. The molecule has 0 N–H and O–H groups in total. The molecule has 2 aromatic carbocycles. The molecule has 0 spiro atoms. The highest BCUT2D eigenvalue weighted by molar-refractivity contribution is 7.91. The second-order valence-corrected chi connectivity index (χ2v) is 7.01. The van der Waals surface area contributed by atoms with Gasteiger partial charge in [0.25, 0.3) is 0 Å². The van der Waals surface area contributed by atoms with E-state index in [2.05, 4.69) is 0 Å². The van der Waals surface area contributed by atoms with E-state index in [1.807, 2.05) is 12.1 Å². The summed E-state index contributed by atoms with van der Waals surface area (Å²) in [4.78, 5) is -0.320. The number of allylic oxidation sites excluding steroid dienone is 1. The fraction of sp³-hybridized carbons (Fsp3) is 0. The monoisotopic (exact) mass is 342 g/mol. The maximum absolute atomic E-state index is 13.0. The maximum atomic E-state index is 13.0. The lowest BCUT2D eigenvalue weighted by Crippen LogP contribution is -2.15. The highest BCUT2D eigenvalue weighted by atomic mass is 32.2. The third-order valence-electron chi connectivity index (χ3n) is 3.81. The van der Waals surface area contributed by atoms with Crippen molar-refractivity contribution in [3.05, 3.63) is 64.2 Å². The summed E-state index contributed by atoms with van der Waals surface area (Å²) in [6.07, 6.45) is 0. The van der Waals surface area contributed by atoms with Gasteiger partial charge in [-0.15, -0.1) is 0 Å². The first-order chi connectivity index (χ1) is 12.0. The van der Waals surface area contributed by atoms with Gasteiger partial charge in [0.2, 0.25) is 9.84 Å². The molecule has 0 saturated carbocycles. The number of nitrogens with zero attached hydrogens (tertiary/aromatic N) is 4. The van der Waals surface area contributed by atoms with Crippen molar-refractivity contribution < 1.29 is 8.42 Å². The molecule has 0 radical (unpaired) electrons. The summed E-state index contributed by atoms with van der Waals surface area (Å²) in [5, 5.41) is 36.7. The summed E-state index contributed by atoms with van der Waals surface area (Å²) >= 11 is 0. The van der Waals surface area contributed by atoms with E-state index >= 15 is 0 Å². The van der Waals surface area contributed by atoms with Crippen LogP contribution < -0.4 is 0 Å². The Bertz CT molecular complexity index is 1150. The zero-order chi connectivity index (χ0) is 18.2. The van der Waals surface area contributed by atoms with E-state index in [1.165, 1.54) is 36.4 Å². The Hall–Kier alpha value is -3.91. The van der Waals surface area contributed by atoms with Gasteiger partial charge in [-0.05, 0) is 24.3 Å². The van der Waals surface area contributed by atoms with Crippen molar-refractivity contribution in [1.29, 1.82) is 21.0 Å². The summed E-state index contributed by atoms with van der Waals surface area (Å²) in [6.45, 7) is 0. The van der Waals surface area contributed by atoms with Gasteiger partial charge in [-0.25, -0.2) is 8.42 Å². The topological polar surface area (TPSA) is 129 Å². The molecule has 0 bridgehead atoms. The zero-order valence-electron chi connectivity index (χ0n) is 12.5. The minimum absolute atomic E-state index is 0.136. The van der Waals surface area contributed by atoms with E-state index in [-0.39, 0.29) is 43.2 Å². The van der Waals surface area contributed by atoms with Gasteiger partial charge in [-0.1, -0.05) is 12.1 Å². The van der Waals surface area contributed by atoms with E-state index in [9.17, 15) is 18.9 Å². The normalized spacial score (nSPS) is 13.2. The van der Waals surface area contributed by atoms with Gasteiger partial charge in [0.05, 0.1) is 33.1 Å². The lowest BCUT2D eigenvalue weighted by atomic mass is 9.92. The Morgan fingerprint density at radius 1 is 0.760 bits per heavy atom. The Kier molecular flexibility index (Phi) is 3.59. The first-order valence-electron chi connectivity index (χ1n) is 6.86. The number of rotatable bonds is 0. The number of hydrogen-bond acceptors (Lipinski definition) is 6. The Morgan fingerprint density at radius 2 is 1.20 bits per heavy atom. The predicted molar refractivity (Wildman–Crippen MR) is 85.0 cm³/mol. The van der Waals surface area contributed by atoms with Crippen LogP contribution in [-0.2, 0) is 9.84 Å². The number of benzene rings is 2. The molecule has 6 nitrogen and oxygen atoms in total. The molecule has 0 aliphatic carbocycles. The highest BCUT2D eigenvalue weighted by Gasteiger charge is 2.34. The van der Waals surface area contributed by atoms with E-state index in [0.717, 1.165) is 0 Å². The molecule has 3 rings (SSSR count). The number of fused-ring (bicyclic) bond motifs is 2. The summed E-state index contributed by atoms with van der Waals surface area (Å²) in [6, 6.07) is 15.4. The van der Waals surface area contributed by atoms with Crippen LogP contribution in [0.15, 0.2) is 51.8 Å². The highest BCUT2D eigenvalue weighted by Crippen LogP contribution is 2.43. The van der Waals surface area contributed by atoms with Gasteiger partial charge in [-0.3, -0.25) is 0 Å². The molecule has 7 heteroatoms. The van der Waals surface area contributed by atoms with Crippen molar-refractivity contribution in [2.45, 2.75) is 9.79 Å². The second kappa shape index (κ2) is 5.62. The van der Waals surface area contributed by atoms with E-state index < -0.39 is 9.84 Å². The minimum Gasteiger partial charge on any atom is -0.218 e. The SMILES string of the molecule is N#CC(C#N)=C1c2ccc(C#N)cc2S(=O)(=O)c2cc(C#N)ccc21. The van der Waals surface area contributed by atoms with Gasteiger partial charge in [0, 0.05) is 16.7 Å². The number of hydrogen-bond donors (Lipinski definition) is 0. The zero-order valence-corrected chi connectivity index (χ0v) is 13.3. The lowest BCUT2D eigenvalue weighted by molar-refractivity contribution is 0.594. The summed E-state index contributed by atoms with van der Waals surface area (Å²) in [5.74, 6) is 0. The molecule has 0 aromatic heterocycles. The standard InChI is InChI=1S/C18H6N4O2S/c19-7-11-1-3-14-16(5-11)25(23,24)17-6-12(8-20)2-4-15(17)18(14)13(9-21)10-22/h1-6H. The Morgan fingerprint density at radius 3 is 1.56 bits per heavy atom. The van der Waals surface area contributed by atoms with Crippen LogP contribution >= 0.6 is 0 Å². The Balaban J connectivity index is 2.56. The van der Waals surface area contributed by atoms with Crippen molar-refractivity contribution >= 4 is 15.4 Å². The number of sulfone groups is 1. The summed E-state index contributed by atoms with van der Waals surface area (Å²) in [7, 11) is -4.00. The average molecular weight is 342 g/mol. The molecule has 116 valence electrons. The van der Waals surface area contributed by atoms with Crippen LogP contribution in [0.25, 0.3) is 5.57 Å². The van der Waals surface area contributed by atoms with Gasteiger partial charge in [0.15, 0.2) is 0 Å². The second-order valence-electron chi connectivity index (χ2n) is 5.12. The van der Waals surface area contributed by atoms with Gasteiger partial charge in [0.1, 0.15) is 17.7 Å². The van der Waals surface area contributed by atoms with Crippen LogP contribution in [0.3, 0.4) is 0 Å². The molecule has 1 heterocycles. The molecule has 0 amide bonds. The molecule has 1 aliphatic heterocycles. The maximum Gasteiger partial charge on any atom is 0.207 e. The predicted octanol–water partition coefficient (Wildman–Crippen LogP) is 2.43. The third kappa shape index (κ3) is 2.25. The van der Waals surface area contributed by atoms with E-state index in [0.29, 0.717) is 0 Å². The molecule has 0 saturated heterocycles. The van der Waals surface area contributed by atoms with Crippen LogP contribution in [0.4, 0.5) is 0 Å². The Labute approximate surface area is 143 Å². The summed E-state index contributed by atoms with van der Waals surface area (Å²) in [5.41, 5.74) is 0.586. The molecule has 25 heavy (non-hydrogen) atoms. The van der Waals surface area contributed by atoms with Crippen molar-refractivity contribution in [1.82, 2.24) is 0 Å². The van der Waals surface area contributed by atoms with Crippen molar-refractivity contribution in [2.24, 2.45) is 0 Å². The van der Waals surface area contributed by atoms with Crippen LogP contribution in [0, 0.1) is 45.3 Å². The van der Waals surface area contributed by atoms with Gasteiger partial charge in [-0.2, -0.15) is 21.0 Å². The lowest BCUT2D eigenvalue weighted by Gasteiger charge is -2.23. The molecule has 1 aliphatic rings. The van der Waals surface area contributed by atoms with Crippen molar-refractivity contribution in [2.75, 3.05) is 0 Å². The first-order valence-corrected chi connectivity index (χ1v) is 8.35. The van der Waals surface area contributed by atoms with Crippen molar-refractivity contribution in [3.63, 3.8) is 0 Å². The fourth-order valence-electron chi connectivity index (χ4n) is 2.71.